The van der Waals surface area contributed by atoms with E-state index >= 15 is 0 Å². The Bertz CT molecular complexity index is 1180. The minimum Gasteiger partial charge on any atom is -0.375 e. The predicted molar refractivity (Wildman–Crippen MR) is 127 cm³/mol. The van der Waals surface area contributed by atoms with Crippen molar-refractivity contribution in [1.82, 2.24) is 0 Å². The van der Waals surface area contributed by atoms with Crippen LogP contribution < -0.4 is 4.90 Å². The molecule has 3 aromatic carbocycles. The molecule has 3 aromatic rings. The molecule has 0 unspecified atom stereocenters. The molecule has 1 N–H and O–H groups in total. The smallest absolute Gasteiger partial charge is 0.264 e. The minimum atomic E-state index is -1.95. The van der Waals surface area contributed by atoms with Crippen molar-refractivity contribution in [1.29, 1.82) is 0 Å². The molecule has 0 aliphatic carbocycles. The lowest BCUT2D eigenvalue weighted by Crippen LogP contribution is -2.42. The molecule has 0 saturated carbocycles. The van der Waals surface area contributed by atoms with E-state index in [0.29, 0.717) is 34.8 Å². The number of amides is 1. The summed E-state index contributed by atoms with van der Waals surface area (Å²) in [6.45, 7) is 6.14. The zero-order valence-electron chi connectivity index (χ0n) is 18.5. The van der Waals surface area contributed by atoms with Gasteiger partial charge in [0.2, 0.25) is 0 Å². The highest BCUT2D eigenvalue weighted by Crippen LogP contribution is 2.44. The van der Waals surface area contributed by atoms with Crippen LogP contribution in [0, 0.1) is 20.8 Å². The third kappa shape index (κ3) is 3.96. The number of hydrogen-bond donors (Lipinski definition) is 1. The number of ketones is 1. The molecule has 1 amide bonds. The van der Waals surface area contributed by atoms with Crippen molar-refractivity contribution in [3.63, 3.8) is 0 Å². The lowest BCUT2D eigenvalue weighted by molar-refractivity contribution is -0.135. The Kier molecular flexibility index (Phi) is 5.93. The highest BCUT2D eigenvalue weighted by molar-refractivity contribution is 6.31. The van der Waals surface area contributed by atoms with Crippen LogP contribution in [0.3, 0.4) is 0 Å². The summed E-state index contributed by atoms with van der Waals surface area (Å²) in [5.74, 6) is -0.742. The molecule has 1 heterocycles. The third-order valence-corrected chi connectivity index (χ3v) is 6.37. The number of anilines is 1. The van der Waals surface area contributed by atoms with Gasteiger partial charge in [0.15, 0.2) is 11.4 Å². The van der Waals surface area contributed by atoms with Crippen molar-refractivity contribution in [3.05, 3.63) is 99.1 Å². The lowest BCUT2D eigenvalue weighted by Gasteiger charge is -2.23. The number of rotatable bonds is 6. The van der Waals surface area contributed by atoms with Crippen molar-refractivity contribution in [2.24, 2.45) is 0 Å². The molecule has 0 saturated heterocycles. The molecule has 0 fully saturated rings. The van der Waals surface area contributed by atoms with E-state index in [1.54, 1.807) is 23.1 Å². The van der Waals surface area contributed by atoms with Crippen LogP contribution >= 0.6 is 11.6 Å². The Balaban J connectivity index is 1.68. The number of aryl methyl sites for hydroxylation is 3. The van der Waals surface area contributed by atoms with Gasteiger partial charge in [0.1, 0.15) is 0 Å². The second kappa shape index (κ2) is 8.53. The molecule has 1 aliphatic heterocycles. The van der Waals surface area contributed by atoms with Crippen LogP contribution in [0.4, 0.5) is 5.69 Å². The fourth-order valence-electron chi connectivity index (χ4n) is 4.74. The van der Waals surface area contributed by atoms with E-state index in [0.717, 1.165) is 22.3 Å². The molecule has 164 valence electrons. The highest BCUT2D eigenvalue weighted by Gasteiger charge is 2.51. The van der Waals surface area contributed by atoms with Gasteiger partial charge in [0, 0.05) is 22.7 Å². The van der Waals surface area contributed by atoms with Gasteiger partial charge in [0.05, 0.1) is 12.1 Å². The summed E-state index contributed by atoms with van der Waals surface area (Å²) in [5.41, 5.74) is 3.44. The van der Waals surface area contributed by atoms with Crippen LogP contribution in [-0.2, 0) is 16.8 Å². The number of aliphatic hydroxyl groups is 1. The molecule has 0 spiro atoms. The van der Waals surface area contributed by atoms with Crippen LogP contribution in [0.5, 0.6) is 0 Å². The topological polar surface area (TPSA) is 57.6 Å². The molecule has 4 rings (SSSR count). The molecule has 0 radical (unpaired) electrons. The summed E-state index contributed by atoms with van der Waals surface area (Å²) < 4.78 is 0. The normalized spacial score (nSPS) is 17.5. The number of halogens is 1. The molecule has 5 heteroatoms. The summed E-state index contributed by atoms with van der Waals surface area (Å²) >= 11 is 6.21. The van der Waals surface area contributed by atoms with E-state index in [4.69, 9.17) is 11.6 Å². The molecule has 4 nitrogen and oxygen atoms in total. The lowest BCUT2D eigenvalue weighted by atomic mass is 9.85. The van der Waals surface area contributed by atoms with Crippen LogP contribution in [0.15, 0.2) is 60.7 Å². The molecular weight excluding hydrogens is 422 g/mol. The molecule has 32 heavy (non-hydrogen) atoms. The van der Waals surface area contributed by atoms with Gasteiger partial charge in [0.25, 0.3) is 5.91 Å². The summed E-state index contributed by atoms with van der Waals surface area (Å²) in [7, 11) is 0. The SMILES string of the molecule is Cc1cc(C)c(C(=O)C[C@]2(O)C(=O)N(CCc3ccccc3)c3ccc(Cl)cc32)c(C)c1. The van der Waals surface area contributed by atoms with Gasteiger partial charge in [-0.1, -0.05) is 59.6 Å². The first-order chi connectivity index (χ1) is 15.2. The zero-order valence-corrected chi connectivity index (χ0v) is 19.2. The number of carbonyl (C=O) groups is 2. The van der Waals surface area contributed by atoms with Crippen LogP contribution in [0.25, 0.3) is 0 Å². The zero-order chi connectivity index (χ0) is 23.0. The molecule has 0 aromatic heterocycles. The van der Waals surface area contributed by atoms with E-state index < -0.39 is 11.5 Å². The summed E-state index contributed by atoms with van der Waals surface area (Å²) in [5, 5.41) is 12.0. The average molecular weight is 448 g/mol. The summed E-state index contributed by atoms with van der Waals surface area (Å²) in [6, 6.07) is 18.8. The van der Waals surface area contributed by atoms with E-state index in [9.17, 15) is 14.7 Å². The number of carbonyl (C=O) groups excluding carboxylic acids is 2. The number of fused-ring (bicyclic) bond motifs is 1. The number of Topliss-reactive ketones (excluding diaryl/α,β-unsaturated/α-hetero) is 1. The van der Waals surface area contributed by atoms with Gasteiger partial charge in [-0.15, -0.1) is 0 Å². The molecule has 1 atom stereocenters. The molecule has 1 aliphatic rings. The Labute approximate surface area is 193 Å². The maximum atomic E-state index is 13.5. The van der Waals surface area contributed by atoms with E-state index in [1.807, 2.05) is 63.2 Å². The molecular formula is C27H26ClNO3. The van der Waals surface area contributed by atoms with Gasteiger partial charge < -0.3 is 10.0 Å². The van der Waals surface area contributed by atoms with Crippen molar-refractivity contribution >= 4 is 29.0 Å². The average Bonchev–Trinajstić information content (AvgIpc) is 2.93. The first-order valence-corrected chi connectivity index (χ1v) is 11.1. The van der Waals surface area contributed by atoms with Gasteiger partial charge in [-0.2, -0.15) is 0 Å². The quantitative estimate of drug-likeness (QED) is 0.520. The first kappa shape index (κ1) is 22.3. The van der Waals surface area contributed by atoms with Crippen molar-refractivity contribution in [2.45, 2.75) is 39.2 Å². The van der Waals surface area contributed by atoms with Crippen LogP contribution in [0.1, 0.15) is 44.6 Å². The Morgan fingerprint density at radius 1 is 1.00 bits per heavy atom. The largest absolute Gasteiger partial charge is 0.375 e. The van der Waals surface area contributed by atoms with Gasteiger partial charge in [-0.05, 0) is 62.1 Å². The minimum absolute atomic E-state index is 0.258. The Hall–Kier alpha value is -2.95. The number of nitrogens with zero attached hydrogens (tertiary/aromatic N) is 1. The van der Waals surface area contributed by atoms with E-state index in [1.165, 1.54) is 0 Å². The van der Waals surface area contributed by atoms with Gasteiger partial charge >= 0.3 is 0 Å². The van der Waals surface area contributed by atoms with Crippen molar-refractivity contribution in [3.8, 4) is 0 Å². The Morgan fingerprint density at radius 2 is 1.66 bits per heavy atom. The maximum absolute atomic E-state index is 13.5. The highest BCUT2D eigenvalue weighted by atomic mass is 35.5. The van der Waals surface area contributed by atoms with E-state index in [-0.39, 0.29) is 12.2 Å². The van der Waals surface area contributed by atoms with E-state index in [2.05, 4.69) is 0 Å². The van der Waals surface area contributed by atoms with Crippen molar-refractivity contribution < 1.29 is 14.7 Å². The fourth-order valence-corrected chi connectivity index (χ4v) is 4.91. The van der Waals surface area contributed by atoms with Crippen LogP contribution in [0.2, 0.25) is 5.02 Å². The van der Waals surface area contributed by atoms with Gasteiger partial charge in [-0.3, -0.25) is 9.59 Å². The van der Waals surface area contributed by atoms with Gasteiger partial charge in [-0.25, -0.2) is 0 Å². The second-order valence-corrected chi connectivity index (χ2v) is 9.02. The Morgan fingerprint density at radius 3 is 2.31 bits per heavy atom. The number of benzene rings is 3. The van der Waals surface area contributed by atoms with Crippen LogP contribution in [-0.4, -0.2) is 23.3 Å². The first-order valence-electron chi connectivity index (χ1n) is 10.7. The fraction of sp³-hybridized carbons (Fsp3) is 0.259. The number of hydrogen-bond acceptors (Lipinski definition) is 3. The summed E-state index contributed by atoms with van der Waals surface area (Å²) in [6.07, 6.45) is 0.306. The third-order valence-electron chi connectivity index (χ3n) is 6.13. The van der Waals surface area contributed by atoms with Crippen molar-refractivity contribution in [2.75, 3.05) is 11.4 Å². The molecule has 0 bridgehead atoms. The second-order valence-electron chi connectivity index (χ2n) is 8.59. The monoisotopic (exact) mass is 447 g/mol. The summed E-state index contributed by atoms with van der Waals surface area (Å²) in [4.78, 5) is 28.4. The predicted octanol–water partition coefficient (Wildman–Crippen LogP) is 5.32. The standard InChI is InChI=1S/C27H26ClNO3/c1-17-13-18(2)25(19(3)14-17)24(30)16-27(32)22-15-21(28)9-10-23(22)29(26(27)31)12-11-20-7-5-4-6-8-20/h4-10,13-15,32H,11-12,16H2,1-3H3/t27-/m1/s1. The maximum Gasteiger partial charge on any atom is 0.264 e.